The molecule has 0 bridgehead atoms. The number of pyridine rings is 1. The lowest BCUT2D eigenvalue weighted by atomic mass is 10.0. The molecule has 9 heteroatoms. The molecule has 1 fully saturated rings. The summed E-state index contributed by atoms with van der Waals surface area (Å²) in [5.74, 6) is 0.355. The van der Waals surface area contributed by atoms with Crippen molar-refractivity contribution in [3.8, 4) is 5.88 Å². The van der Waals surface area contributed by atoms with E-state index in [0.29, 0.717) is 43.0 Å². The maximum absolute atomic E-state index is 12.5. The number of H-pyrrole nitrogens is 1. The number of likely N-dealkylation sites (tertiary alicyclic amines) is 1. The van der Waals surface area contributed by atoms with E-state index in [4.69, 9.17) is 9.47 Å². The Morgan fingerprint density at radius 3 is 2.48 bits per heavy atom. The third kappa shape index (κ3) is 3.96. The van der Waals surface area contributed by atoms with Gasteiger partial charge in [-0.1, -0.05) is 0 Å². The molecule has 1 N–H and O–H groups in total. The average Bonchev–Trinajstić information content (AvgIpc) is 2.61. The number of hydrogen-bond acceptors (Lipinski definition) is 6. The van der Waals surface area contributed by atoms with Crippen LogP contribution in [0, 0.1) is 0 Å². The first-order chi connectivity index (χ1) is 12.7. The van der Waals surface area contributed by atoms with Crippen LogP contribution in [0.2, 0.25) is 0 Å². The largest absolute Gasteiger partial charge is 0.481 e. The summed E-state index contributed by atoms with van der Waals surface area (Å²) in [7, 11) is 1.49. The number of piperidine rings is 1. The number of nitrogens with one attached hydrogen (secondary N) is 1. The number of amides is 1. The predicted molar refractivity (Wildman–Crippen MR) is 99.3 cm³/mol. The predicted octanol–water partition coefficient (Wildman–Crippen LogP) is 1.67. The fourth-order valence-electron chi connectivity index (χ4n) is 3.18. The molecule has 2 aromatic rings. The molecule has 1 amide bonds. The van der Waals surface area contributed by atoms with E-state index in [0.717, 1.165) is 0 Å². The number of fused-ring (bicyclic) bond motifs is 1. The average molecular weight is 376 g/mol. The van der Waals surface area contributed by atoms with Gasteiger partial charge in [0.25, 0.3) is 0 Å². The van der Waals surface area contributed by atoms with E-state index in [9.17, 15) is 14.4 Å². The highest BCUT2D eigenvalue weighted by atomic mass is 16.6. The summed E-state index contributed by atoms with van der Waals surface area (Å²) in [6.45, 7) is 6.32. The van der Waals surface area contributed by atoms with Gasteiger partial charge in [-0.25, -0.2) is 4.79 Å². The Morgan fingerprint density at radius 1 is 1.22 bits per heavy atom. The highest BCUT2D eigenvalue weighted by Crippen LogP contribution is 2.25. The molecule has 1 aliphatic heterocycles. The van der Waals surface area contributed by atoms with Crippen LogP contribution in [0.25, 0.3) is 11.2 Å². The first kappa shape index (κ1) is 18.9. The van der Waals surface area contributed by atoms with E-state index in [1.54, 1.807) is 17.0 Å². The number of aromatic nitrogens is 3. The quantitative estimate of drug-likeness (QED) is 0.799. The van der Waals surface area contributed by atoms with Crippen LogP contribution in [0.1, 0.15) is 39.7 Å². The van der Waals surface area contributed by atoms with Crippen molar-refractivity contribution in [3.05, 3.63) is 32.8 Å². The second-order valence-corrected chi connectivity index (χ2v) is 7.55. The van der Waals surface area contributed by atoms with Crippen LogP contribution in [0.3, 0.4) is 0 Å². The third-order valence-corrected chi connectivity index (χ3v) is 4.43. The SMILES string of the molecule is COc1ccc2[nH]c(=O)c(=O)n(C3CCN(C(=O)OC(C)(C)C)CC3)c2n1. The van der Waals surface area contributed by atoms with E-state index in [2.05, 4.69) is 9.97 Å². The Morgan fingerprint density at radius 2 is 1.89 bits per heavy atom. The Balaban J connectivity index is 1.89. The molecule has 2 aromatic heterocycles. The van der Waals surface area contributed by atoms with Crippen molar-refractivity contribution in [2.45, 2.75) is 45.3 Å². The number of hydrogen-bond donors (Lipinski definition) is 1. The van der Waals surface area contributed by atoms with Crippen molar-refractivity contribution in [2.24, 2.45) is 0 Å². The number of carbonyl (C=O) groups excluding carboxylic acids is 1. The van der Waals surface area contributed by atoms with E-state index in [1.165, 1.54) is 11.7 Å². The molecule has 0 spiro atoms. The summed E-state index contributed by atoms with van der Waals surface area (Å²) >= 11 is 0. The summed E-state index contributed by atoms with van der Waals surface area (Å²) in [6.07, 6.45) is 0.677. The maximum Gasteiger partial charge on any atom is 0.410 e. The Labute approximate surface area is 155 Å². The lowest BCUT2D eigenvalue weighted by Crippen LogP contribution is -2.45. The second kappa shape index (κ2) is 7.05. The number of aromatic amines is 1. The first-order valence-electron chi connectivity index (χ1n) is 8.87. The summed E-state index contributed by atoms with van der Waals surface area (Å²) in [5, 5.41) is 0. The van der Waals surface area contributed by atoms with Gasteiger partial charge < -0.3 is 19.4 Å². The van der Waals surface area contributed by atoms with Crippen molar-refractivity contribution < 1.29 is 14.3 Å². The van der Waals surface area contributed by atoms with Gasteiger partial charge in [0.1, 0.15) is 5.60 Å². The zero-order valence-electron chi connectivity index (χ0n) is 15.9. The van der Waals surface area contributed by atoms with E-state index in [-0.39, 0.29) is 12.1 Å². The molecule has 0 aromatic carbocycles. The zero-order chi connectivity index (χ0) is 19.8. The van der Waals surface area contributed by atoms with Gasteiger partial charge in [0.05, 0.1) is 12.6 Å². The van der Waals surface area contributed by atoms with Gasteiger partial charge in [0, 0.05) is 25.2 Å². The molecule has 0 radical (unpaired) electrons. The van der Waals surface area contributed by atoms with Crippen molar-refractivity contribution >= 4 is 17.3 Å². The second-order valence-electron chi connectivity index (χ2n) is 7.55. The molecule has 3 rings (SSSR count). The van der Waals surface area contributed by atoms with Crippen LogP contribution in [0.4, 0.5) is 4.79 Å². The normalized spacial score (nSPS) is 15.8. The molecule has 0 unspecified atom stereocenters. The standard InChI is InChI=1S/C18H24N4O5/c1-18(2,3)27-17(25)21-9-7-11(8-10-21)22-14-12(19-15(23)16(22)24)5-6-13(20-14)26-4/h5-6,11H,7-10H2,1-4H3,(H,19,23). The Hall–Kier alpha value is -2.84. The van der Waals surface area contributed by atoms with Gasteiger partial charge >= 0.3 is 17.2 Å². The molecular weight excluding hydrogens is 352 g/mol. The molecule has 27 heavy (non-hydrogen) atoms. The van der Waals surface area contributed by atoms with Crippen LogP contribution < -0.4 is 15.9 Å². The number of rotatable bonds is 2. The van der Waals surface area contributed by atoms with Crippen molar-refractivity contribution in [3.63, 3.8) is 0 Å². The number of nitrogens with zero attached hydrogens (tertiary/aromatic N) is 3. The van der Waals surface area contributed by atoms with Gasteiger partial charge in [-0.15, -0.1) is 0 Å². The van der Waals surface area contributed by atoms with Gasteiger partial charge in [-0.2, -0.15) is 4.98 Å². The number of ether oxygens (including phenoxy) is 2. The van der Waals surface area contributed by atoms with Gasteiger partial charge in [-0.05, 0) is 39.7 Å². The minimum absolute atomic E-state index is 0.236. The Bertz CT molecular complexity index is 964. The molecule has 146 valence electrons. The highest BCUT2D eigenvalue weighted by molar-refractivity contribution is 5.71. The van der Waals surface area contributed by atoms with Gasteiger partial charge in [0.15, 0.2) is 5.65 Å². The zero-order valence-corrected chi connectivity index (χ0v) is 15.9. The van der Waals surface area contributed by atoms with Crippen LogP contribution in [-0.2, 0) is 4.74 Å². The topological polar surface area (TPSA) is 107 Å². The summed E-state index contributed by atoms with van der Waals surface area (Å²) in [6, 6.07) is 3.05. The molecule has 0 atom stereocenters. The molecule has 1 aliphatic rings. The lowest BCUT2D eigenvalue weighted by molar-refractivity contribution is 0.0188. The first-order valence-corrected chi connectivity index (χ1v) is 8.87. The maximum atomic E-state index is 12.5. The fourth-order valence-corrected chi connectivity index (χ4v) is 3.18. The number of methoxy groups -OCH3 is 1. The van der Waals surface area contributed by atoms with Crippen molar-refractivity contribution in [2.75, 3.05) is 20.2 Å². The summed E-state index contributed by atoms with van der Waals surface area (Å²) < 4.78 is 12.0. The molecule has 9 nitrogen and oxygen atoms in total. The van der Waals surface area contributed by atoms with Gasteiger partial charge in [0.2, 0.25) is 5.88 Å². The monoisotopic (exact) mass is 376 g/mol. The van der Waals surface area contributed by atoms with E-state index < -0.39 is 16.7 Å². The fraction of sp³-hybridized carbons (Fsp3) is 0.556. The summed E-state index contributed by atoms with van der Waals surface area (Å²) in [4.78, 5) is 45.3. The van der Waals surface area contributed by atoms with Crippen LogP contribution >= 0.6 is 0 Å². The Kier molecular flexibility index (Phi) is 4.95. The van der Waals surface area contributed by atoms with Crippen LogP contribution in [0.15, 0.2) is 21.7 Å². The van der Waals surface area contributed by atoms with Crippen molar-refractivity contribution in [1.29, 1.82) is 0 Å². The molecule has 0 saturated carbocycles. The van der Waals surface area contributed by atoms with Crippen molar-refractivity contribution in [1.82, 2.24) is 19.4 Å². The van der Waals surface area contributed by atoms with E-state index in [1.807, 2.05) is 20.8 Å². The van der Waals surface area contributed by atoms with E-state index >= 15 is 0 Å². The summed E-state index contributed by atoms with van der Waals surface area (Å²) in [5.41, 5.74) is -1.07. The minimum atomic E-state index is -0.691. The minimum Gasteiger partial charge on any atom is -0.481 e. The molecule has 1 saturated heterocycles. The third-order valence-electron chi connectivity index (χ3n) is 4.43. The molecule has 3 heterocycles. The molecule has 0 aliphatic carbocycles. The smallest absolute Gasteiger partial charge is 0.410 e. The van der Waals surface area contributed by atoms with Crippen LogP contribution in [-0.4, -0.2) is 51.3 Å². The van der Waals surface area contributed by atoms with Crippen LogP contribution in [0.5, 0.6) is 5.88 Å². The molecular formula is C18H24N4O5. The van der Waals surface area contributed by atoms with Gasteiger partial charge in [-0.3, -0.25) is 14.2 Å². The lowest BCUT2D eigenvalue weighted by Gasteiger charge is -2.34. The highest BCUT2D eigenvalue weighted by Gasteiger charge is 2.29. The number of carbonyl (C=O) groups is 1.